The predicted molar refractivity (Wildman–Crippen MR) is 15.8 cm³/mol. The summed E-state index contributed by atoms with van der Waals surface area (Å²) in [6.07, 6.45) is 0. The first-order valence-electron chi connectivity index (χ1n) is 1.05. The van der Waals surface area contributed by atoms with Gasteiger partial charge in [-0.05, 0) is 0 Å². The molecule has 0 heterocycles. The van der Waals surface area contributed by atoms with Gasteiger partial charge in [-0.25, -0.2) is 0 Å². The van der Waals surface area contributed by atoms with Gasteiger partial charge in [0.05, 0.1) is 0 Å². The van der Waals surface area contributed by atoms with Crippen LogP contribution in [-0.4, -0.2) is 27.8 Å². The lowest BCUT2D eigenvalue weighted by Crippen LogP contribution is -1.90. The molecule has 5 heteroatoms. The molecule has 0 fully saturated rings. The van der Waals surface area contributed by atoms with Crippen LogP contribution in [0.5, 0.6) is 0 Å². The summed E-state index contributed by atoms with van der Waals surface area (Å²) in [5.74, 6) is 0. The van der Waals surface area contributed by atoms with Crippen LogP contribution in [0.25, 0.3) is 0 Å². The van der Waals surface area contributed by atoms with E-state index in [1.54, 1.807) is 0 Å². The smallest absolute Gasteiger partial charge is 0.236 e. The Labute approximate surface area is 34.4 Å². The minimum Gasteiger partial charge on any atom is -0.412 e. The topological polar surface area (TPSA) is 87.3 Å². The lowest BCUT2D eigenvalue weighted by atomic mass is 11.5. The van der Waals surface area contributed by atoms with Crippen molar-refractivity contribution in [3.8, 4) is 0 Å². The van der Waals surface area contributed by atoms with Gasteiger partial charge in [-0.3, -0.25) is 5.21 Å². The summed E-state index contributed by atoms with van der Waals surface area (Å²) in [4.78, 5) is 0.306. The van der Waals surface area contributed by atoms with Crippen molar-refractivity contribution in [1.29, 1.82) is 0 Å². The van der Waals surface area contributed by atoms with Crippen LogP contribution in [-0.2, 0) is 0 Å². The Morgan fingerprint density at radius 1 is 1.67 bits per heavy atom. The standard InChI is InChI=1S/CH4N2O2.H2O/c1-3(5)2-4;/h5H,1H3;1H2/p+1. The number of hydrogen-bond donors (Lipinski definition) is 2. The fourth-order valence-corrected chi connectivity index (χ4v) is 0. The first kappa shape index (κ1) is 8.94. The van der Waals surface area contributed by atoms with Crippen LogP contribution in [0.1, 0.15) is 0 Å². The largest absolute Gasteiger partial charge is 0.412 e. The maximum atomic E-state index is 7.78. The third-order valence-electron chi connectivity index (χ3n) is 0.129. The SMILES string of the molecule is C/[N+](O)=N/O.O. The molecule has 38 valence electrons. The quantitative estimate of drug-likeness (QED) is 0.230. The summed E-state index contributed by atoms with van der Waals surface area (Å²) in [6.45, 7) is 0. The second-order valence-electron chi connectivity index (χ2n) is 0.579. The van der Waals surface area contributed by atoms with E-state index in [0.29, 0.717) is 4.86 Å². The summed E-state index contributed by atoms with van der Waals surface area (Å²) in [6, 6.07) is 0. The zero-order valence-corrected chi connectivity index (χ0v) is 3.29. The highest BCUT2D eigenvalue weighted by molar-refractivity contribution is 3.34. The predicted octanol–water partition coefficient (Wildman–Crippen LogP) is -0.965. The Bertz CT molecular complexity index is 46.8. The molecular weight excluding hydrogens is 88.0 g/mol. The molecule has 0 amide bonds. The summed E-state index contributed by atoms with van der Waals surface area (Å²) < 4.78 is 0. The van der Waals surface area contributed by atoms with Crippen LogP contribution in [0.4, 0.5) is 0 Å². The fourth-order valence-electron chi connectivity index (χ4n) is 0. The van der Waals surface area contributed by atoms with Gasteiger partial charge in [0, 0.05) is 0 Å². The monoisotopic (exact) mass is 95.0 g/mol. The first-order valence-corrected chi connectivity index (χ1v) is 1.05. The molecule has 6 heavy (non-hydrogen) atoms. The fraction of sp³-hybridized carbons (Fsp3) is 1.00. The van der Waals surface area contributed by atoms with Gasteiger partial charge in [-0.1, -0.05) is 0 Å². The van der Waals surface area contributed by atoms with E-state index in [1.165, 1.54) is 7.05 Å². The van der Waals surface area contributed by atoms with Gasteiger partial charge < -0.3 is 10.7 Å². The van der Waals surface area contributed by atoms with Gasteiger partial charge in [0.1, 0.15) is 4.86 Å². The Kier molecular flexibility index (Phi) is 6.20. The van der Waals surface area contributed by atoms with Gasteiger partial charge >= 0.3 is 0 Å². The maximum Gasteiger partial charge on any atom is 0.236 e. The molecule has 0 aliphatic rings. The Morgan fingerprint density at radius 2 is 1.83 bits per heavy atom. The van der Waals surface area contributed by atoms with Gasteiger partial charge in [-0.2, -0.15) is 0 Å². The molecule has 0 aromatic rings. The van der Waals surface area contributed by atoms with Crippen molar-refractivity contribution in [2.24, 2.45) is 5.28 Å². The molecule has 0 radical (unpaired) electrons. The van der Waals surface area contributed by atoms with Crippen LogP contribution >= 0.6 is 0 Å². The van der Waals surface area contributed by atoms with Gasteiger partial charge in [0.2, 0.25) is 12.3 Å². The molecule has 0 aliphatic heterocycles. The van der Waals surface area contributed by atoms with Crippen molar-refractivity contribution in [2.75, 3.05) is 7.05 Å². The summed E-state index contributed by atoms with van der Waals surface area (Å²) in [5.41, 5.74) is 0. The number of hydroxylamine groups is 1. The lowest BCUT2D eigenvalue weighted by molar-refractivity contribution is -0.818. The molecule has 0 unspecified atom stereocenters. The van der Waals surface area contributed by atoms with E-state index in [4.69, 9.17) is 10.4 Å². The van der Waals surface area contributed by atoms with Crippen LogP contribution in [0.3, 0.4) is 0 Å². The zero-order valence-electron chi connectivity index (χ0n) is 3.29. The average molecular weight is 95.1 g/mol. The summed E-state index contributed by atoms with van der Waals surface area (Å²) >= 11 is 0. The van der Waals surface area contributed by atoms with Crippen molar-refractivity contribution in [3.05, 3.63) is 0 Å². The highest BCUT2D eigenvalue weighted by atomic mass is 16.6. The molecule has 0 bridgehead atoms. The Balaban J connectivity index is 0. The van der Waals surface area contributed by atoms with E-state index in [-0.39, 0.29) is 5.48 Å². The van der Waals surface area contributed by atoms with E-state index in [0.717, 1.165) is 0 Å². The molecular formula is CH7N2O3+. The van der Waals surface area contributed by atoms with Crippen LogP contribution in [0, 0.1) is 0 Å². The summed E-state index contributed by atoms with van der Waals surface area (Å²) in [5, 5.41) is 17.5. The molecule has 0 rings (SSSR count). The van der Waals surface area contributed by atoms with Crippen LogP contribution in [0.2, 0.25) is 0 Å². The van der Waals surface area contributed by atoms with Crippen molar-refractivity contribution in [2.45, 2.75) is 0 Å². The van der Waals surface area contributed by atoms with E-state index in [1.807, 2.05) is 0 Å². The van der Waals surface area contributed by atoms with Gasteiger partial charge in [0.25, 0.3) is 0 Å². The number of hydrogen-bond acceptors (Lipinski definition) is 1. The third kappa shape index (κ3) is 11.0. The highest BCUT2D eigenvalue weighted by Crippen LogP contribution is 1.49. The molecule has 4 N–H and O–H groups in total. The number of rotatable bonds is 0. The van der Waals surface area contributed by atoms with Crippen LogP contribution in [0.15, 0.2) is 5.28 Å². The van der Waals surface area contributed by atoms with Crippen LogP contribution < -0.4 is 0 Å². The molecule has 5 nitrogen and oxygen atoms in total. The van der Waals surface area contributed by atoms with Crippen molar-refractivity contribution in [1.82, 2.24) is 0 Å². The number of nitrogens with zero attached hydrogens (tertiary/aromatic N) is 2. The van der Waals surface area contributed by atoms with Crippen molar-refractivity contribution >= 4 is 0 Å². The van der Waals surface area contributed by atoms with E-state index in [2.05, 4.69) is 5.28 Å². The minimum atomic E-state index is 0. The second kappa shape index (κ2) is 4.16. The molecule has 0 atom stereocenters. The van der Waals surface area contributed by atoms with E-state index in [9.17, 15) is 0 Å². The molecule has 0 saturated carbocycles. The zero-order chi connectivity index (χ0) is 4.28. The lowest BCUT2D eigenvalue weighted by Gasteiger charge is -1.62. The summed E-state index contributed by atoms with van der Waals surface area (Å²) in [7, 11) is 1.19. The second-order valence-corrected chi connectivity index (χ2v) is 0.579. The molecule has 0 saturated heterocycles. The highest BCUT2D eigenvalue weighted by Gasteiger charge is 1.75. The average Bonchev–Trinajstić information content (AvgIpc) is 1.38. The molecule has 0 aromatic carbocycles. The van der Waals surface area contributed by atoms with Crippen molar-refractivity contribution < 1.29 is 20.8 Å². The maximum absolute atomic E-state index is 7.78. The van der Waals surface area contributed by atoms with Crippen molar-refractivity contribution in [3.63, 3.8) is 0 Å². The first-order chi connectivity index (χ1) is 2.27. The van der Waals surface area contributed by atoms with Gasteiger partial charge in [0.15, 0.2) is 0 Å². The minimum absolute atomic E-state index is 0. The van der Waals surface area contributed by atoms with E-state index < -0.39 is 0 Å². The molecule has 0 aliphatic carbocycles. The normalized spacial score (nSPS) is 9.83. The van der Waals surface area contributed by atoms with Gasteiger partial charge in [-0.15, -0.1) is 0 Å². The molecule has 0 spiro atoms. The Morgan fingerprint density at radius 3 is 1.83 bits per heavy atom. The molecule has 0 aromatic heterocycles. The third-order valence-corrected chi connectivity index (χ3v) is 0.129. The van der Waals surface area contributed by atoms with E-state index >= 15 is 0 Å². The Hall–Kier alpha value is -0.840.